The normalized spacial score (nSPS) is 14.0. The number of aromatic nitrogens is 3. The maximum absolute atomic E-state index is 13.5. The first-order valence-corrected chi connectivity index (χ1v) is 10.4. The van der Waals surface area contributed by atoms with Crippen molar-refractivity contribution in [2.75, 3.05) is 42.3 Å². The smallest absolute Gasteiger partial charge is 0.355 e. The predicted molar refractivity (Wildman–Crippen MR) is 120 cm³/mol. The van der Waals surface area contributed by atoms with E-state index in [4.69, 9.17) is 4.98 Å². The first kappa shape index (κ1) is 21.9. The van der Waals surface area contributed by atoms with E-state index in [-0.39, 0.29) is 5.82 Å². The van der Waals surface area contributed by atoms with Crippen LogP contribution in [0.2, 0.25) is 0 Å². The van der Waals surface area contributed by atoms with E-state index in [2.05, 4.69) is 15.3 Å². The third kappa shape index (κ3) is 4.61. The molecule has 32 heavy (non-hydrogen) atoms. The largest absolute Gasteiger partial charge is 0.419 e. The molecule has 4 rings (SSSR count). The molecule has 0 saturated heterocycles. The second-order valence-corrected chi connectivity index (χ2v) is 8.04. The molecule has 1 aliphatic heterocycles. The Balaban J connectivity index is 1.68. The summed E-state index contributed by atoms with van der Waals surface area (Å²) in [6.07, 6.45) is -2.06. The second kappa shape index (κ2) is 8.64. The van der Waals surface area contributed by atoms with Crippen molar-refractivity contribution in [2.45, 2.75) is 25.9 Å². The summed E-state index contributed by atoms with van der Waals surface area (Å²) in [6.45, 7) is 2.80. The van der Waals surface area contributed by atoms with Gasteiger partial charge in [0.2, 0.25) is 5.95 Å². The van der Waals surface area contributed by atoms with E-state index in [0.717, 1.165) is 28.6 Å². The van der Waals surface area contributed by atoms with Crippen LogP contribution in [0.5, 0.6) is 0 Å². The van der Waals surface area contributed by atoms with Gasteiger partial charge in [0, 0.05) is 51.1 Å². The molecule has 2 aromatic heterocycles. The Hall–Kier alpha value is -3.36. The fraction of sp³-hybridized carbons (Fsp3) is 0.348. The summed E-state index contributed by atoms with van der Waals surface area (Å²) in [6, 6.07) is 10.4. The van der Waals surface area contributed by atoms with Gasteiger partial charge in [0.05, 0.1) is 11.3 Å². The molecule has 9 heteroatoms. The predicted octanol–water partition coefficient (Wildman–Crippen LogP) is 4.61. The summed E-state index contributed by atoms with van der Waals surface area (Å²) in [5, 5.41) is 3.38. The highest BCUT2D eigenvalue weighted by molar-refractivity contribution is 5.63. The van der Waals surface area contributed by atoms with Crippen LogP contribution >= 0.6 is 0 Å². The monoisotopic (exact) mass is 442 g/mol. The van der Waals surface area contributed by atoms with Crippen molar-refractivity contribution in [1.29, 1.82) is 0 Å². The third-order valence-corrected chi connectivity index (χ3v) is 5.44. The van der Waals surface area contributed by atoms with Crippen molar-refractivity contribution in [1.82, 2.24) is 15.0 Å². The molecule has 0 radical (unpaired) electrons. The Morgan fingerprint density at radius 2 is 1.72 bits per heavy atom. The number of pyridine rings is 1. The van der Waals surface area contributed by atoms with Crippen LogP contribution in [0.1, 0.15) is 22.4 Å². The SMILES string of the molecule is Cc1ccc(Nc2nc(N(C)C)nc3c2CCN(c2ncccc2C(F)(F)F)CC3)cc1. The van der Waals surface area contributed by atoms with Gasteiger partial charge in [-0.15, -0.1) is 0 Å². The Morgan fingerprint density at radius 3 is 2.41 bits per heavy atom. The average molecular weight is 442 g/mol. The molecule has 0 spiro atoms. The Labute approximate surface area is 185 Å². The summed E-state index contributed by atoms with van der Waals surface area (Å²) in [4.78, 5) is 17.0. The van der Waals surface area contributed by atoms with Crippen molar-refractivity contribution < 1.29 is 13.2 Å². The van der Waals surface area contributed by atoms with Crippen LogP contribution in [0.25, 0.3) is 0 Å². The average Bonchev–Trinajstić information content (AvgIpc) is 2.97. The van der Waals surface area contributed by atoms with Gasteiger partial charge in [-0.3, -0.25) is 0 Å². The van der Waals surface area contributed by atoms with E-state index in [9.17, 15) is 13.2 Å². The van der Waals surface area contributed by atoms with Gasteiger partial charge in [0.1, 0.15) is 11.6 Å². The molecule has 3 heterocycles. The van der Waals surface area contributed by atoms with Gasteiger partial charge in [-0.2, -0.15) is 18.2 Å². The van der Waals surface area contributed by atoms with Crippen LogP contribution in [0, 0.1) is 6.92 Å². The molecule has 3 aromatic rings. The first-order chi connectivity index (χ1) is 15.2. The van der Waals surface area contributed by atoms with Gasteiger partial charge in [0.25, 0.3) is 0 Å². The standard InChI is InChI=1S/C23H25F3N6/c1-15-6-8-16(9-7-15)28-20-17-10-13-32(14-11-19(17)29-22(30-20)31(2)3)21-18(23(24,25)26)5-4-12-27-21/h4-9,12H,10-11,13-14H2,1-3H3,(H,28,29,30). The van der Waals surface area contributed by atoms with E-state index in [0.29, 0.717) is 37.7 Å². The Kier molecular flexibility index (Phi) is 5.90. The Morgan fingerprint density at radius 1 is 1.00 bits per heavy atom. The zero-order chi connectivity index (χ0) is 22.9. The molecule has 0 aliphatic carbocycles. The molecule has 0 bridgehead atoms. The van der Waals surface area contributed by atoms with Crippen molar-refractivity contribution in [3.05, 3.63) is 65.0 Å². The molecule has 0 amide bonds. The summed E-state index contributed by atoms with van der Waals surface area (Å²) >= 11 is 0. The number of nitrogens with one attached hydrogen (secondary N) is 1. The molecule has 0 saturated carbocycles. The van der Waals surface area contributed by atoms with Crippen molar-refractivity contribution in [2.24, 2.45) is 0 Å². The van der Waals surface area contributed by atoms with Gasteiger partial charge in [0.15, 0.2) is 0 Å². The molecular formula is C23H25F3N6. The molecule has 0 unspecified atom stereocenters. The van der Waals surface area contributed by atoms with Crippen molar-refractivity contribution >= 4 is 23.3 Å². The Bertz CT molecular complexity index is 1100. The van der Waals surface area contributed by atoms with Crippen LogP contribution in [-0.4, -0.2) is 42.1 Å². The van der Waals surface area contributed by atoms with Crippen LogP contribution in [0.4, 0.5) is 36.4 Å². The van der Waals surface area contributed by atoms with E-state index in [1.807, 2.05) is 50.2 Å². The van der Waals surface area contributed by atoms with Crippen molar-refractivity contribution in [3.63, 3.8) is 0 Å². The zero-order valence-corrected chi connectivity index (χ0v) is 18.2. The van der Waals surface area contributed by atoms with Crippen LogP contribution in [0.15, 0.2) is 42.6 Å². The topological polar surface area (TPSA) is 57.2 Å². The fourth-order valence-electron chi connectivity index (χ4n) is 3.75. The van der Waals surface area contributed by atoms with Gasteiger partial charge in [-0.1, -0.05) is 17.7 Å². The van der Waals surface area contributed by atoms with E-state index >= 15 is 0 Å². The maximum atomic E-state index is 13.5. The lowest BCUT2D eigenvalue weighted by Gasteiger charge is -2.24. The summed E-state index contributed by atoms with van der Waals surface area (Å²) in [5.41, 5.74) is 3.08. The number of fused-ring (bicyclic) bond motifs is 1. The van der Waals surface area contributed by atoms with Crippen LogP contribution < -0.4 is 15.1 Å². The van der Waals surface area contributed by atoms with Gasteiger partial charge in [-0.25, -0.2) is 9.97 Å². The number of alkyl halides is 3. The minimum absolute atomic E-state index is 0.0401. The molecule has 0 atom stereocenters. The highest BCUT2D eigenvalue weighted by Crippen LogP contribution is 2.36. The minimum Gasteiger partial charge on any atom is -0.355 e. The number of rotatable bonds is 4. The summed E-state index contributed by atoms with van der Waals surface area (Å²) in [5.74, 6) is 1.20. The lowest BCUT2D eigenvalue weighted by atomic mass is 10.1. The van der Waals surface area contributed by atoms with Gasteiger partial charge < -0.3 is 15.1 Å². The number of aryl methyl sites for hydroxylation is 1. The second-order valence-electron chi connectivity index (χ2n) is 8.04. The number of halogens is 3. The van der Waals surface area contributed by atoms with Gasteiger partial charge >= 0.3 is 6.18 Å². The summed E-state index contributed by atoms with van der Waals surface area (Å²) in [7, 11) is 3.73. The number of anilines is 4. The molecule has 168 valence electrons. The van der Waals surface area contributed by atoms with Gasteiger partial charge in [-0.05, 0) is 37.6 Å². The minimum atomic E-state index is -4.46. The first-order valence-electron chi connectivity index (χ1n) is 10.4. The number of hydrogen-bond acceptors (Lipinski definition) is 6. The summed E-state index contributed by atoms with van der Waals surface area (Å²) < 4.78 is 40.6. The highest BCUT2D eigenvalue weighted by Gasteiger charge is 2.36. The molecule has 6 nitrogen and oxygen atoms in total. The van der Waals surface area contributed by atoms with Crippen LogP contribution in [-0.2, 0) is 19.0 Å². The van der Waals surface area contributed by atoms with Crippen LogP contribution in [0.3, 0.4) is 0 Å². The van der Waals surface area contributed by atoms with E-state index < -0.39 is 11.7 Å². The molecule has 1 N–H and O–H groups in total. The molecule has 1 aliphatic rings. The molecule has 0 fully saturated rings. The quantitative estimate of drug-likeness (QED) is 0.637. The number of hydrogen-bond donors (Lipinski definition) is 1. The van der Waals surface area contributed by atoms with E-state index in [1.54, 1.807) is 4.90 Å². The lowest BCUT2D eigenvalue weighted by molar-refractivity contribution is -0.137. The molecule has 1 aromatic carbocycles. The van der Waals surface area contributed by atoms with E-state index in [1.165, 1.54) is 12.3 Å². The maximum Gasteiger partial charge on any atom is 0.419 e. The highest BCUT2D eigenvalue weighted by atomic mass is 19.4. The zero-order valence-electron chi connectivity index (χ0n) is 18.2. The fourth-order valence-corrected chi connectivity index (χ4v) is 3.75. The lowest BCUT2D eigenvalue weighted by Crippen LogP contribution is -2.29. The number of benzene rings is 1. The number of nitrogens with zero attached hydrogens (tertiary/aromatic N) is 5. The third-order valence-electron chi connectivity index (χ3n) is 5.44. The molecular weight excluding hydrogens is 417 g/mol. The van der Waals surface area contributed by atoms with Crippen molar-refractivity contribution in [3.8, 4) is 0 Å².